The summed E-state index contributed by atoms with van der Waals surface area (Å²) < 4.78 is 5.08. The van der Waals surface area contributed by atoms with Crippen LogP contribution in [0.15, 0.2) is 16.9 Å². The summed E-state index contributed by atoms with van der Waals surface area (Å²) in [5.41, 5.74) is 0. The molecule has 9 heavy (non-hydrogen) atoms. The van der Waals surface area contributed by atoms with Crippen LogP contribution in [0.1, 0.15) is 32.1 Å². The van der Waals surface area contributed by atoms with E-state index in [2.05, 4.69) is 18.8 Å². The summed E-state index contributed by atoms with van der Waals surface area (Å²) in [5.74, 6) is 1.30. The highest BCUT2D eigenvalue weighted by Gasteiger charge is 2.05. The first-order valence-corrected chi connectivity index (χ1v) is 3.24. The molecule has 0 aliphatic carbocycles. The second kappa shape index (κ2) is 2.67. The largest absolute Gasteiger partial charge is 0.449 e. The molecule has 0 aliphatic heterocycles. The van der Waals surface area contributed by atoms with Gasteiger partial charge in [-0.2, -0.15) is 0 Å². The van der Waals surface area contributed by atoms with E-state index in [1.165, 1.54) is 0 Å². The third kappa shape index (κ3) is 1.31. The van der Waals surface area contributed by atoms with Gasteiger partial charge in [0.25, 0.3) is 0 Å². The van der Waals surface area contributed by atoms with Gasteiger partial charge < -0.3 is 4.42 Å². The van der Waals surface area contributed by atoms with Crippen LogP contribution < -0.4 is 0 Å². The molecule has 1 atom stereocenters. The summed E-state index contributed by atoms with van der Waals surface area (Å²) >= 11 is 0. The Bertz CT molecular complexity index is 157. The monoisotopic (exact) mass is 125 g/mol. The molecule has 50 valence electrons. The van der Waals surface area contributed by atoms with Crippen LogP contribution in [0.5, 0.6) is 0 Å². The van der Waals surface area contributed by atoms with Crippen LogP contribution in [-0.4, -0.2) is 4.98 Å². The number of hydrogen-bond donors (Lipinski definition) is 0. The minimum absolute atomic E-state index is 0.458. The SMILES string of the molecule is CC[C@H](C)c1ncco1. The zero-order valence-electron chi connectivity index (χ0n) is 5.79. The lowest BCUT2D eigenvalue weighted by molar-refractivity contribution is 0.453. The second-order valence-corrected chi connectivity index (χ2v) is 2.18. The van der Waals surface area contributed by atoms with Crippen molar-refractivity contribution < 1.29 is 4.42 Å². The first-order valence-electron chi connectivity index (χ1n) is 3.24. The summed E-state index contributed by atoms with van der Waals surface area (Å²) in [4.78, 5) is 4.02. The van der Waals surface area contributed by atoms with Gasteiger partial charge in [-0.3, -0.25) is 0 Å². The van der Waals surface area contributed by atoms with Crippen molar-refractivity contribution in [2.24, 2.45) is 0 Å². The lowest BCUT2D eigenvalue weighted by atomic mass is 10.1. The molecule has 0 amide bonds. The lowest BCUT2D eigenvalue weighted by Crippen LogP contribution is -1.89. The Labute approximate surface area is 54.9 Å². The summed E-state index contributed by atoms with van der Waals surface area (Å²) in [7, 11) is 0. The maximum absolute atomic E-state index is 5.08. The van der Waals surface area contributed by atoms with E-state index in [9.17, 15) is 0 Å². The zero-order valence-corrected chi connectivity index (χ0v) is 5.79. The summed E-state index contributed by atoms with van der Waals surface area (Å²) in [6.45, 7) is 4.22. The van der Waals surface area contributed by atoms with Gasteiger partial charge in [-0.15, -0.1) is 0 Å². The quantitative estimate of drug-likeness (QED) is 0.605. The van der Waals surface area contributed by atoms with Crippen LogP contribution in [0.4, 0.5) is 0 Å². The number of aromatic nitrogens is 1. The molecule has 0 aliphatic rings. The predicted octanol–water partition coefficient (Wildman–Crippen LogP) is 2.19. The Morgan fingerprint density at radius 1 is 1.78 bits per heavy atom. The maximum Gasteiger partial charge on any atom is 0.196 e. The molecule has 0 saturated carbocycles. The van der Waals surface area contributed by atoms with Gasteiger partial charge in [-0.05, 0) is 6.42 Å². The van der Waals surface area contributed by atoms with Crippen LogP contribution >= 0.6 is 0 Å². The van der Waals surface area contributed by atoms with Gasteiger partial charge in [0.2, 0.25) is 0 Å². The Morgan fingerprint density at radius 3 is 3.00 bits per heavy atom. The predicted molar refractivity (Wildman–Crippen MR) is 35.2 cm³/mol. The number of rotatable bonds is 2. The highest BCUT2D eigenvalue weighted by molar-refractivity contribution is 4.87. The minimum Gasteiger partial charge on any atom is -0.449 e. The summed E-state index contributed by atoms with van der Waals surface area (Å²) in [6, 6.07) is 0. The van der Waals surface area contributed by atoms with Gasteiger partial charge >= 0.3 is 0 Å². The fourth-order valence-electron chi connectivity index (χ4n) is 0.652. The Kier molecular flexibility index (Phi) is 1.88. The van der Waals surface area contributed by atoms with E-state index in [1.54, 1.807) is 12.5 Å². The molecule has 0 fully saturated rings. The molecule has 1 rings (SSSR count). The molecule has 1 aromatic heterocycles. The Balaban J connectivity index is 2.65. The molecule has 2 heteroatoms. The molecular formula is C7H11NO. The van der Waals surface area contributed by atoms with Gasteiger partial charge in [0.05, 0.1) is 6.20 Å². The first-order chi connectivity index (χ1) is 4.34. The molecule has 0 bridgehead atoms. The topological polar surface area (TPSA) is 26.0 Å². The smallest absolute Gasteiger partial charge is 0.196 e. The Morgan fingerprint density at radius 2 is 2.56 bits per heavy atom. The fraction of sp³-hybridized carbons (Fsp3) is 0.571. The van der Waals surface area contributed by atoms with Gasteiger partial charge in [0, 0.05) is 5.92 Å². The summed E-state index contributed by atoms with van der Waals surface area (Å²) in [5, 5.41) is 0. The molecule has 1 heterocycles. The van der Waals surface area contributed by atoms with Gasteiger partial charge in [0.15, 0.2) is 5.89 Å². The van der Waals surface area contributed by atoms with Crippen molar-refractivity contribution in [2.75, 3.05) is 0 Å². The summed E-state index contributed by atoms with van der Waals surface area (Å²) in [6.07, 6.45) is 4.38. The van der Waals surface area contributed by atoms with Crippen molar-refractivity contribution in [3.63, 3.8) is 0 Å². The molecule has 0 N–H and O–H groups in total. The molecule has 0 unspecified atom stereocenters. The zero-order chi connectivity index (χ0) is 6.69. The van der Waals surface area contributed by atoms with Gasteiger partial charge in [0.1, 0.15) is 6.26 Å². The molecular weight excluding hydrogens is 114 g/mol. The second-order valence-electron chi connectivity index (χ2n) is 2.18. The van der Waals surface area contributed by atoms with Crippen molar-refractivity contribution in [1.82, 2.24) is 4.98 Å². The molecule has 1 aromatic rings. The standard InChI is InChI=1S/C7H11NO/c1-3-6(2)7-8-4-5-9-7/h4-6H,3H2,1-2H3/t6-/m0/s1. The maximum atomic E-state index is 5.08. The van der Waals surface area contributed by atoms with Gasteiger partial charge in [-0.1, -0.05) is 13.8 Å². The highest BCUT2D eigenvalue weighted by Crippen LogP contribution is 2.14. The average Bonchev–Trinajstić information content (AvgIpc) is 2.37. The van der Waals surface area contributed by atoms with Crippen LogP contribution in [0.3, 0.4) is 0 Å². The number of hydrogen-bond acceptors (Lipinski definition) is 2. The Hall–Kier alpha value is -0.790. The molecule has 0 spiro atoms. The van der Waals surface area contributed by atoms with Crippen LogP contribution in [-0.2, 0) is 0 Å². The van der Waals surface area contributed by atoms with E-state index in [1.807, 2.05) is 0 Å². The van der Waals surface area contributed by atoms with Crippen molar-refractivity contribution in [3.8, 4) is 0 Å². The third-order valence-corrected chi connectivity index (χ3v) is 1.49. The van der Waals surface area contributed by atoms with Crippen molar-refractivity contribution >= 4 is 0 Å². The number of nitrogens with zero attached hydrogens (tertiary/aromatic N) is 1. The highest BCUT2D eigenvalue weighted by atomic mass is 16.3. The van der Waals surface area contributed by atoms with Gasteiger partial charge in [-0.25, -0.2) is 4.98 Å². The minimum atomic E-state index is 0.458. The molecule has 0 aromatic carbocycles. The van der Waals surface area contributed by atoms with E-state index in [0.717, 1.165) is 12.3 Å². The first kappa shape index (κ1) is 6.33. The van der Waals surface area contributed by atoms with E-state index in [0.29, 0.717) is 5.92 Å². The average molecular weight is 125 g/mol. The van der Waals surface area contributed by atoms with E-state index < -0.39 is 0 Å². The number of oxazole rings is 1. The molecule has 2 nitrogen and oxygen atoms in total. The van der Waals surface area contributed by atoms with Crippen molar-refractivity contribution in [2.45, 2.75) is 26.2 Å². The molecule has 0 saturated heterocycles. The third-order valence-electron chi connectivity index (χ3n) is 1.49. The fourth-order valence-corrected chi connectivity index (χ4v) is 0.652. The molecule has 0 radical (unpaired) electrons. The van der Waals surface area contributed by atoms with E-state index >= 15 is 0 Å². The van der Waals surface area contributed by atoms with Crippen molar-refractivity contribution in [3.05, 3.63) is 18.4 Å². The lowest BCUT2D eigenvalue weighted by Gasteiger charge is -1.99. The van der Waals surface area contributed by atoms with Crippen LogP contribution in [0, 0.1) is 0 Å². The van der Waals surface area contributed by atoms with Crippen LogP contribution in [0.25, 0.3) is 0 Å². The van der Waals surface area contributed by atoms with E-state index in [-0.39, 0.29) is 0 Å². The van der Waals surface area contributed by atoms with Crippen molar-refractivity contribution in [1.29, 1.82) is 0 Å². The normalized spacial score (nSPS) is 13.6. The van der Waals surface area contributed by atoms with Crippen LogP contribution in [0.2, 0.25) is 0 Å². The van der Waals surface area contributed by atoms with E-state index in [4.69, 9.17) is 4.42 Å².